The van der Waals surface area contributed by atoms with E-state index in [1.165, 1.54) is 32.2 Å². The van der Waals surface area contributed by atoms with Gasteiger partial charge in [0.05, 0.1) is 18.6 Å². The van der Waals surface area contributed by atoms with Crippen LogP contribution in [0, 0.1) is 0 Å². The fourth-order valence-corrected chi connectivity index (χ4v) is 3.85. The minimum absolute atomic E-state index is 0.0218. The number of hydrogen-bond donors (Lipinski definition) is 3. The van der Waals surface area contributed by atoms with Crippen LogP contribution in [0.1, 0.15) is 20.8 Å². The van der Waals surface area contributed by atoms with Gasteiger partial charge in [-0.15, -0.1) is 0 Å². The quantitative estimate of drug-likeness (QED) is 0.552. The molecule has 24 heavy (non-hydrogen) atoms. The van der Waals surface area contributed by atoms with Crippen LogP contribution in [0.4, 0.5) is 5.69 Å². The fraction of sp³-hybridized carbons (Fsp3) is 0.571. The minimum Gasteiger partial charge on any atom is -0.495 e. The Morgan fingerprint density at radius 2 is 1.83 bits per heavy atom. The molecule has 0 bridgehead atoms. The average Bonchev–Trinajstić information content (AvgIpc) is 2.52. The molecule has 0 spiro atoms. The number of anilines is 1. The molecule has 0 saturated heterocycles. The second-order valence-corrected chi connectivity index (χ2v) is 8.93. The van der Waals surface area contributed by atoms with E-state index < -0.39 is 20.0 Å². The summed E-state index contributed by atoms with van der Waals surface area (Å²) in [5, 5.41) is 3.10. The van der Waals surface area contributed by atoms with Crippen molar-refractivity contribution < 1.29 is 21.6 Å². The first-order valence-electron chi connectivity index (χ1n) is 7.56. The molecule has 0 amide bonds. The molecule has 1 rings (SSSR count). The average molecular weight is 380 g/mol. The number of methoxy groups -OCH3 is 1. The van der Waals surface area contributed by atoms with E-state index in [1.807, 2.05) is 13.8 Å². The summed E-state index contributed by atoms with van der Waals surface area (Å²) in [5.41, 5.74) is 0.244. The van der Waals surface area contributed by atoms with Crippen LogP contribution < -0.4 is 19.5 Å². The number of likely N-dealkylation sites (N-methyl/N-ethyl adjacent to an activating group) is 1. The third-order valence-corrected chi connectivity index (χ3v) is 6.01. The van der Waals surface area contributed by atoms with Crippen LogP contribution in [0.15, 0.2) is 23.1 Å². The zero-order valence-electron chi connectivity index (χ0n) is 14.3. The van der Waals surface area contributed by atoms with Crippen LogP contribution in [-0.2, 0) is 20.0 Å². The third kappa shape index (κ3) is 5.93. The number of rotatable bonds is 10. The van der Waals surface area contributed by atoms with Gasteiger partial charge in [0.1, 0.15) is 10.6 Å². The maximum absolute atomic E-state index is 12.4. The van der Waals surface area contributed by atoms with Crippen molar-refractivity contribution in [1.82, 2.24) is 10.0 Å². The number of hydrogen-bond acceptors (Lipinski definition) is 6. The lowest BCUT2D eigenvalue weighted by molar-refractivity contribution is 0.402. The summed E-state index contributed by atoms with van der Waals surface area (Å²) in [6.07, 6.45) is 0. The van der Waals surface area contributed by atoms with E-state index in [-0.39, 0.29) is 34.7 Å². The summed E-state index contributed by atoms with van der Waals surface area (Å²) in [4.78, 5) is -0.0480. The molecule has 1 atom stereocenters. The van der Waals surface area contributed by atoms with Crippen LogP contribution in [-0.4, -0.2) is 48.8 Å². The molecule has 8 nitrogen and oxygen atoms in total. The zero-order valence-corrected chi connectivity index (χ0v) is 15.9. The maximum Gasteiger partial charge on any atom is 0.244 e. The number of ether oxygens (including phenoxy) is 1. The van der Waals surface area contributed by atoms with E-state index in [1.54, 1.807) is 0 Å². The summed E-state index contributed by atoms with van der Waals surface area (Å²) in [6.45, 7) is 6.27. The Bertz CT molecular complexity index is 748. The highest BCUT2D eigenvalue weighted by atomic mass is 32.2. The Morgan fingerprint density at radius 3 is 2.38 bits per heavy atom. The van der Waals surface area contributed by atoms with Crippen molar-refractivity contribution in [3.63, 3.8) is 0 Å². The lowest BCUT2D eigenvalue weighted by atomic mass is 10.3. The van der Waals surface area contributed by atoms with Crippen LogP contribution in [0.3, 0.4) is 0 Å². The van der Waals surface area contributed by atoms with Crippen LogP contribution in [0.5, 0.6) is 5.75 Å². The SMILES string of the molecule is CCN[C@H](C)CNS(=O)(=O)c1ccc(NS(=O)(=O)CC)cc1OC. The summed E-state index contributed by atoms with van der Waals surface area (Å²) in [5.74, 6) is -0.0194. The van der Waals surface area contributed by atoms with Crippen molar-refractivity contribution in [2.45, 2.75) is 31.7 Å². The third-order valence-electron chi connectivity index (χ3n) is 3.24. The van der Waals surface area contributed by atoms with E-state index in [0.29, 0.717) is 0 Å². The fourth-order valence-electron chi connectivity index (χ4n) is 1.94. The molecule has 0 unspecified atom stereocenters. The van der Waals surface area contributed by atoms with Gasteiger partial charge in [0.2, 0.25) is 20.0 Å². The minimum atomic E-state index is -3.77. The highest BCUT2D eigenvalue weighted by molar-refractivity contribution is 7.92. The second-order valence-electron chi connectivity index (χ2n) is 5.18. The summed E-state index contributed by atoms with van der Waals surface area (Å²) < 4.78 is 58.0. The molecular weight excluding hydrogens is 354 g/mol. The number of benzene rings is 1. The van der Waals surface area contributed by atoms with E-state index in [0.717, 1.165) is 6.54 Å². The van der Waals surface area contributed by atoms with E-state index in [4.69, 9.17) is 4.74 Å². The Hall–Kier alpha value is -1.36. The monoisotopic (exact) mass is 379 g/mol. The predicted octanol–water partition coefficient (Wildman–Crippen LogP) is 0.733. The van der Waals surface area contributed by atoms with Crippen molar-refractivity contribution >= 4 is 25.7 Å². The Kier molecular flexibility index (Phi) is 7.46. The molecule has 1 aromatic rings. The van der Waals surface area contributed by atoms with Gasteiger partial charge >= 0.3 is 0 Å². The molecule has 0 heterocycles. The highest BCUT2D eigenvalue weighted by Crippen LogP contribution is 2.27. The van der Waals surface area contributed by atoms with Crippen molar-refractivity contribution in [3.05, 3.63) is 18.2 Å². The molecule has 0 aliphatic heterocycles. The summed E-state index contributed by atoms with van der Waals surface area (Å²) in [7, 11) is -5.90. The van der Waals surface area contributed by atoms with Crippen molar-refractivity contribution in [2.24, 2.45) is 0 Å². The highest BCUT2D eigenvalue weighted by Gasteiger charge is 2.21. The Labute approximate surface area is 144 Å². The van der Waals surface area contributed by atoms with Gasteiger partial charge in [-0.05, 0) is 32.5 Å². The Morgan fingerprint density at radius 1 is 1.17 bits per heavy atom. The number of sulfonamides is 2. The molecule has 0 aromatic heterocycles. The lowest BCUT2D eigenvalue weighted by Gasteiger charge is -2.16. The predicted molar refractivity (Wildman–Crippen MR) is 94.4 cm³/mol. The first-order valence-corrected chi connectivity index (χ1v) is 10.7. The molecule has 138 valence electrons. The standard InChI is InChI=1S/C14H25N3O5S2/c1-5-15-11(3)10-16-24(20,21)14-8-7-12(9-13(14)22-4)17-23(18,19)6-2/h7-9,11,15-17H,5-6,10H2,1-4H3/t11-/m1/s1. The lowest BCUT2D eigenvalue weighted by Crippen LogP contribution is -2.38. The molecule has 3 N–H and O–H groups in total. The maximum atomic E-state index is 12.4. The molecule has 0 aliphatic rings. The van der Waals surface area contributed by atoms with Crippen molar-refractivity contribution in [3.8, 4) is 5.75 Å². The molecule has 0 aliphatic carbocycles. The van der Waals surface area contributed by atoms with Gasteiger partial charge < -0.3 is 10.1 Å². The van der Waals surface area contributed by atoms with E-state index in [9.17, 15) is 16.8 Å². The van der Waals surface area contributed by atoms with Gasteiger partial charge in [-0.1, -0.05) is 6.92 Å². The second kappa shape index (κ2) is 8.65. The molecule has 10 heteroatoms. The topological polar surface area (TPSA) is 114 Å². The molecular formula is C14H25N3O5S2. The molecule has 0 radical (unpaired) electrons. The normalized spacial score (nSPS) is 13.5. The first-order chi connectivity index (χ1) is 11.1. The molecule has 0 saturated carbocycles. The van der Waals surface area contributed by atoms with Crippen LogP contribution in [0.25, 0.3) is 0 Å². The van der Waals surface area contributed by atoms with Gasteiger partial charge in [0, 0.05) is 18.7 Å². The van der Waals surface area contributed by atoms with E-state index >= 15 is 0 Å². The van der Waals surface area contributed by atoms with E-state index in [2.05, 4.69) is 14.8 Å². The summed E-state index contributed by atoms with van der Waals surface area (Å²) in [6, 6.07) is 4.02. The van der Waals surface area contributed by atoms with Gasteiger partial charge in [-0.25, -0.2) is 21.6 Å². The molecule has 1 aromatic carbocycles. The van der Waals surface area contributed by atoms with Crippen LogP contribution >= 0.6 is 0 Å². The van der Waals surface area contributed by atoms with Crippen molar-refractivity contribution in [1.29, 1.82) is 0 Å². The molecule has 0 fully saturated rings. The smallest absolute Gasteiger partial charge is 0.244 e. The van der Waals surface area contributed by atoms with Gasteiger partial charge in [0.15, 0.2) is 0 Å². The number of nitrogens with one attached hydrogen (secondary N) is 3. The first kappa shape index (κ1) is 20.7. The van der Waals surface area contributed by atoms with Crippen molar-refractivity contribution in [2.75, 3.05) is 30.7 Å². The Balaban J connectivity index is 3.03. The largest absolute Gasteiger partial charge is 0.495 e. The zero-order chi connectivity index (χ0) is 18.4. The van der Waals surface area contributed by atoms with Gasteiger partial charge in [-0.2, -0.15) is 0 Å². The van der Waals surface area contributed by atoms with Crippen LogP contribution in [0.2, 0.25) is 0 Å². The van der Waals surface area contributed by atoms with Gasteiger partial charge in [-0.3, -0.25) is 4.72 Å². The van der Waals surface area contributed by atoms with Gasteiger partial charge in [0.25, 0.3) is 0 Å². The summed E-state index contributed by atoms with van der Waals surface area (Å²) >= 11 is 0.